The number of hydrogen-bond donors (Lipinski definition) is 1. The van der Waals surface area contributed by atoms with Gasteiger partial charge in [0.05, 0.1) is 0 Å². The van der Waals surface area contributed by atoms with Crippen molar-refractivity contribution in [3.05, 3.63) is 35.6 Å². The van der Waals surface area contributed by atoms with Crippen LogP contribution in [-0.2, 0) is 0 Å². The SMILES string of the molecule is Fc1ccccc1[C@@H](C1CC1)N1CCNCC1. The Kier molecular flexibility index (Phi) is 3.12. The lowest BCUT2D eigenvalue weighted by Crippen LogP contribution is -2.45. The minimum Gasteiger partial charge on any atom is -0.314 e. The highest BCUT2D eigenvalue weighted by atomic mass is 19.1. The fourth-order valence-corrected chi connectivity index (χ4v) is 2.84. The number of piperazine rings is 1. The van der Waals surface area contributed by atoms with Crippen LogP contribution in [0.3, 0.4) is 0 Å². The summed E-state index contributed by atoms with van der Waals surface area (Å²) < 4.78 is 13.9. The summed E-state index contributed by atoms with van der Waals surface area (Å²) in [6.07, 6.45) is 2.51. The van der Waals surface area contributed by atoms with E-state index >= 15 is 0 Å². The summed E-state index contributed by atoms with van der Waals surface area (Å²) in [6.45, 7) is 4.13. The molecule has 1 aromatic rings. The Morgan fingerprint density at radius 2 is 1.88 bits per heavy atom. The Hall–Kier alpha value is -0.930. The highest BCUT2D eigenvalue weighted by molar-refractivity contribution is 5.23. The molecule has 3 rings (SSSR count). The Labute approximate surface area is 102 Å². The molecular weight excluding hydrogens is 215 g/mol. The average Bonchev–Trinajstić information content (AvgIpc) is 3.18. The molecule has 0 amide bonds. The van der Waals surface area contributed by atoms with E-state index in [0.29, 0.717) is 12.0 Å². The van der Waals surface area contributed by atoms with Crippen LogP contribution < -0.4 is 5.32 Å². The van der Waals surface area contributed by atoms with Gasteiger partial charge in [-0.3, -0.25) is 4.90 Å². The van der Waals surface area contributed by atoms with E-state index in [2.05, 4.69) is 10.2 Å². The van der Waals surface area contributed by atoms with Gasteiger partial charge in [0, 0.05) is 37.8 Å². The van der Waals surface area contributed by atoms with E-state index in [0.717, 1.165) is 31.7 Å². The third-order valence-electron chi connectivity index (χ3n) is 3.84. The molecule has 17 heavy (non-hydrogen) atoms. The van der Waals surface area contributed by atoms with Crippen molar-refractivity contribution in [2.75, 3.05) is 26.2 Å². The Morgan fingerprint density at radius 1 is 1.18 bits per heavy atom. The maximum absolute atomic E-state index is 13.9. The largest absolute Gasteiger partial charge is 0.314 e. The molecule has 2 fully saturated rings. The van der Waals surface area contributed by atoms with Gasteiger partial charge in [0.1, 0.15) is 5.82 Å². The summed E-state index contributed by atoms with van der Waals surface area (Å²) in [5.74, 6) is 0.632. The molecule has 2 aliphatic rings. The predicted molar refractivity (Wildman–Crippen MR) is 66.3 cm³/mol. The maximum Gasteiger partial charge on any atom is 0.127 e. The van der Waals surface area contributed by atoms with Gasteiger partial charge in [-0.05, 0) is 24.8 Å². The number of nitrogens with one attached hydrogen (secondary N) is 1. The standard InChI is InChI=1S/C14H19FN2/c15-13-4-2-1-3-12(13)14(11-5-6-11)17-9-7-16-8-10-17/h1-4,11,14,16H,5-10H2/t14-/m1/s1. The lowest BCUT2D eigenvalue weighted by atomic mass is 9.99. The first-order valence-electron chi connectivity index (χ1n) is 6.55. The van der Waals surface area contributed by atoms with Crippen molar-refractivity contribution in [2.24, 2.45) is 5.92 Å². The normalized spacial score (nSPS) is 23.6. The first-order valence-corrected chi connectivity index (χ1v) is 6.55. The molecule has 0 spiro atoms. The molecular formula is C14H19FN2. The van der Waals surface area contributed by atoms with Gasteiger partial charge in [-0.2, -0.15) is 0 Å². The van der Waals surface area contributed by atoms with Crippen LogP contribution in [0.25, 0.3) is 0 Å². The number of rotatable bonds is 3. The molecule has 3 heteroatoms. The van der Waals surface area contributed by atoms with E-state index in [1.165, 1.54) is 12.8 Å². The molecule has 0 bridgehead atoms. The van der Waals surface area contributed by atoms with Gasteiger partial charge in [-0.25, -0.2) is 4.39 Å². The van der Waals surface area contributed by atoms with Crippen LogP contribution in [0.2, 0.25) is 0 Å². The third kappa shape index (κ3) is 2.35. The Bertz CT molecular complexity index is 384. The highest BCUT2D eigenvalue weighted by Crippen LogP contribution is 2.45. The molecule has 2 nitrogen and oxygen atoms in total. The van der Waals surface area contributed by atoms with E-state index in [1.54, 1.807) is 12.1 Å². The number of halogens is 1. The van der Waals surface area contributed by atoms with Crippen molar-refractivity contribution in [3.63, 3.8) is 0 Å². The van der Waals surface area contributed by atoms with Gasteiger partial charge in [-0.1, -0.05) is 18.2 Å². The van der Waals surface area contributed by atoms with E-state index in [4.69, 9.17) is 0 Å². The summed E-state index contributed by atoms with van der Waals surface area (Å²) >= 11 is 0. The molecule has 1 heterocycles. The summed E-state index contributed by atoms with van der Waals surface area (Å²) in [5.41, 5.74) is 0.900. The van der Waals surface area contributed by atoms with Gasteiger partial charge < -0.3 is 5.32 Å². The summed E-state index contributed by atoms with van der Waals surface area (Å²) in [5, 5.41) is 3.36. The number of benzene rings is 1. The second-order valence-electron chi connectivity index (χ2n) is 5.09. The van der Waals surface area contributed by atoms with Gasteiger partial charge >= 0.3 is 0 Å². The molecule has 92 valence electrons. The van der Waals surface area contributed by atoms with E-state index in [9.17, 15) is 4.39 Å². The summed E-state index contributed by atoms with van der Waals surface area (Å²) in [6, 6.07) is 7.59. The monoisotopic (exact) mass is 234 g/mol. The van der Waals surface area contributed by atoms with Crippen LogP contribution in [0.4, 0.5) is 4.39 Å². The lowest BCUT2D eigenvalue weighted by molar-refractivity contribution is 0.153. The molecule has 0 radical (unpaired) electrons. The van der Waals surface area contributed by atoms with Crippen molar-refractivity contribution >= 4 is 0 Å². The van der Waals surface area contributed by atoms with Crippen LogP contribution >= 0.6 is 0 Å². The van der Waals surface area contributed by atoms with Crippen LogP contribution in [0, 0.1) is 11.7 Å². The topological polar surface area (TPSA) is 15.3 Å². The second kappa shape index (κ2) is 4.75. The zero-order chi connectivity index (χ0) is 11.7. The van der Waals surface area contributed by atoms with E-state index in [1.807, 2.05) is 12.1 Å². The number of nitrogens with zero attached hydrogens (tertiary/aromatic N) is 1. The zero-order valence-corrected chi connectivity index (χ0v) is 10.0. The van der Waals surface area contributed by atoms with Gasteiger partial charge in [0.15, 0.2) is 0 Å². The molecule has 1 aliphatic heterocycles. The van der Waals surface area contributed by atoms with Crippen molar-refractivity contribution in [1.29, 1.82) is 0 Å². The van der Waals surface area contributed by atoms with Crippen LogP contribution in [0.1, 0.15) is 24.4 Å². The fraction of sp³-hybridized carbons (Fsp3) is 0.571. The molecule has 1 aromatic carbocycles. The van der Waals surface area contributed by atoms with Crippen LogP contribution in [-0.4, -0.2) is 31.1 Å². The molecule has 0 unspecified atom stereocenters. The van der Waals surface area contributed by atoms with E-state index in [-0.39, 0.29) is 5.82 Å². The predicted octanol–water partition coefficient (Wildman–Crippen LogP) is 2.18. The fourth-order valence-electron chi connectivity index (χ4n) is 2.84. The quantitative estimate of drug-likeness (QED) is 0.862. The minimum absolute atomic E-state index is 0.0390. The zero-order valence-electron chi connectivity index (χ0n) is 10.0. The third-order valence-corrected chi connectivity index (χ3v) is 3.84. The second-order valence-corrected chi connectivity index (χ2v) is 5.09. The van der Waals surface area contributed by atoms with Crippen molar-refractivity contribution in [1.82, 2.24) is 10.2 Å². The average molecular weight is 234 g/mol. The Morgan fingerprint density at radius 3 is 2.53 bits per heavy atom. The number of hydrogen-bond acceptors (Lipinski definition) is 2. The summed E-state index contributed by atoms with van der Waals surface area (Å²) in [7, 11) is 0. The van der Waals surface area contributed by atoms with Crippen molar-refractivity contribution in [2.45, 2.75) is 18.9 Å². The lowest BCUT2D eigenvalue weighted by Gasteiger charge is -2.35. The van der Waals surface area contributed by atoms with Gasteiger partial charge in [-0.15, -0.1) is 0 Å². The van der Waals surface area contributed by atoms with Gasteiger partial charge in [0.2, 0.25) is 0 Å². The highest BCUT2D eigenvalue weighted by Gasteiger charge is 2.37. The van der Waals surface area contributed by atoms with Gasteiger partial charge in [0.25, 0.3) is 0 Å². The summed E-state index contributed by atoms with van der Waals surface area (Å²) in [4.78, 5) is 2.45. The molecule has 0 aromatic heterocycles. The van der Waals surface area contributed by atoms with Crippen molar-refractivity contribution < 1.29 is 4.39 Å². The minimum atomic E-state index is -0.0390. The first kappa shape index (κ1) is 11.2. The van der Waals surface area contributed by atoms with E-state index < -0.39 is 0 Å². The molecule has 1 saturated carbocycles. The molecule has 1 atom stereocenters. The molecule has 1 saturated heterocycles. The van der Waals surface area contributed by atoms with Crippen LogP contribution in [0.15, 0.2) is 24.3 Å². The smallest absolute Gasteiger partial charge is 0.127 e. The maximum atomic E-state index is 13.9. The molecule has 1 N–H and O–H groups in total. The van der Waals surface area contributed by atoms with Crippen molar-refractivity contribution in [3.8, 4) is 0 Å². The van der Waals surface area contributed by atoms with Crippen LogP contribution in [0.5, 0.6) is 0 Å². The first-order chi connectivity index (χ1) is 8.36. The molecule has 1 aliphatic carbocycles. The Balaban J connectivity index is 1.86.